The fraction of sp³-hybridized carbons (Fsp3) is 0.750. The van der Waals surface area contributed by atoms with Crippen LogP contribution >= 0.6 is 0 Å². The van der Waals surface area contributed by atoms with E-state index in [1.54, 1.807) is 0 Å². The summed E-state index contributed by atoms with van der Waals surface area (Å²) in [5.41, 5.74) is 2.42. The molecule has 0 aromatic carbocycles. The van der Waals surface area contributed by atoms with E-state index in [9.17, 15) is 0 Å². The van der Waals surface area contributed by atoms with E-state index in [1.807, 2.05) is 6.33 Å². The zero-order chi connectivity index (χ0) is 11.3. The summed E-state index contributed by atoms with van der Waals surface area (Å²) in [4.78, 5) is 4.29. The molecule has 0 saturated carbocycles. The SMILES string of the molecule is CCC(CC)NCCn1cnc(C)c1C. The van der Waals surface area contributed by atoms with Crippen LogP contribution in [0.5, 0.6) is 0 Å². The minimum Gasteiger partial charge on any atom is -0.333 e. The van der Waals surface area contributed by atoms with Crippen molar-refractivity contribution in [3.8, 4) is 0 Å². The Hall–Kier alpha value is -0.830. The lowest BCUT2D eigenvalue weighted by Crippen LogP contribution is -2.30. The predicted molar refractivity (Wildman–Crippen MR) is 64.1 cm³/mol. The van der Waals surface area contributed by atoms with E-state index in [2.05, 4.69) is 42.6 Å². The Balaban J connectivity index is 2.34. The van der Waals surface area contributed by atoms with E-state index < -0.39 is 0 Å². The number of aromatic nitrogens is 2. The molecule has 0 radical (unpaired) electrons. The van der Waals surface area contributed by atoms with Crippen molar-refractivity contribution in [2.45, 2.75) is 53.1 Å². The minimum absolute atomic E-state index is 0.662. The number of hydrogen-bond acceptors (Lipinski definition) is 2. The Bertz CT molecular complexity index is 287. The maximum Gasteiger partial charge on any atom is 0.0951 e. The first-order chi connectivity index (χ1) is 7.19. The third-order valence-corrected chi connectivity index (χ3v) is 3.12. The van der Waals surface area contributed by atoms with Crippen LogP contribution in [0.15, 0.2) is 6.33 Å². The lowest BCUT2D eigenvalue weighted by atomic mass is 10.2. The quantitative estimate of drug-likeness (QED) is 0.779. The molecule has 0 aliphatic carbocycles. The molecule has 0 aliphatic heterocycles. The summed E-state index contributed by atoms with van der Waals surface area (Å²) in [5, 5.41) is 3.56. The highest BCUT2D eigenvalue weighted by Gasteiger charge is 2.03. The van der Waals surface area contributed by atoms with Crippen LogP contribution in [0.25, 0.3) is 0 Å². The number of nitrogens with one attached hydrogen (secondary N) is 1. The van der Waals surface area contributed by atoms with Crippen LogP contribution < -0.4 is 5.32 Å². The molecule has 1 N–H and O–H groups in total. The van der Waals surface area contributed by atoms with E-state index in [0.717, 1.165) is 18.8 Å². The van der Waals surface area contributed by atoms with E-state index in [4.69, 9.17) is 0 Å². The van der Waals surface area contributed by atoms with E-state index in [-0.39, 0.29) is 0 Å². The van der Waals surface area contributed by atoms with Gasteiger partial charge in [-0.15, -0.1) is 0 Å². The highest BCUT2D eigenvalue weighted by molar-refractivity contribution is 5.08. The molecule has 0 saturated heterocycles. The average Bonchev–Trinajstić information content (AvgIpc) is 2.56. The Morgan fingerprint density at radius 1 is 1.33 bits per heavy atom. The Morgan fingerprint density at radius 3 is 2.47 bits per heavy atom. The average molecular weight is 209 g/mol. The fourth-order valence-corrected chi connectivity index (χ4v) is 1.74. The number of rotatable bonds is 6. The lowest BCUT2D eigenvalue weighted by molar-refractivity contribution is 0.464. The monoisotopic (exact) mass is 209 g/mol. The van der Waals surface area contributed by atoms with E-state index >= 15 is 0 Å². The van der Waals surface area contributed by atoms with Crippen LogP contribution in [-0.4, -0.2) is 22.1 Å². The molecule has 0 amide bonds. The molecule has 0 spiro atoms. The van der Waals surface area contributed by atoms with Gasteiger partial charge in [0.25, 0.3) is 0 Å². The van der Waals surface area contributed by atoms with Gasteiger partial charge in [-0.3, -0.25) is 0 Å². The molecule has 1 aromatic heterocycles. The second-order valence-electron chi connectivity index (χ2n) is 4.08. The van der Waals surface area contributed by atoms with Crippen molar-refractivity contribution in [1.29, 1.82) is 0 Å². The lowest BCUT2D eigenvalue weighted by Gasteiger charge is -2.15. The van der Waals surface area contributed by atoms with Gasteiger partial charge in [0.2, 0.25) is 0 Å². The van der Waals surface area contributed by atoms with Gasteiger partial charge in [-0.25, -0.2) is 4.98 Å². The predicted octanol–water partition coefficient (Wildman–Crippen LogP) is 2.28. The standard InChI is InChI=1S/C12H23N3/c1-5-12(6-2)13-7-8-15-9-14-10(3)11(15)4/h9,12-13H,5-8H2,1-4H3. The molecular formula is C12H23N3. The van der Waals surface area contributed by atoms with Crippen LogP contribution in [-0.2, 0) is 6.54 Å². The molecular weight excluding hydrogens is 186 g/mol. The Labute approximate surface area is 92.9 Å². The van der Waals surface area contributed by atoms with Crippen molar-refractivity contribution in [3.05, 3.63) is 17.7 Å². The highest BCUT2D eigenvalue weighted by Crippen LogP contribution is 2.03. The van der Waals surface area contributed by atoms with Gasteiger partial charge in [0.05, 0.1) is 12.0 Å². The van der Waals surface area contributed by atoms with Gasteiger partial charge in [-0.05, 0) is 26.7 Å². The summed E-state index contributed by atoms with van der Waals surface area (Å²) >= 11 is 0. The number of imidazole rings is 1. The van der Waals surface area contributed by atoms with Crippen LogP contribution in [0.2, 0.25) is 0 Å². The molecule has 3 nitrogen and oxygen atoms in total. The summed E-state index contributed by atoms with van der Waals surface area (Å²) in [6.07, 6.45) is 4.34. The fourth-order valence-electron chi connectivity index (χ4n) is 1.74. The molecule has 3 heteroatoms. The summed E-state index contributed by atoms with van der Waals surface area (Å²) in [6, 6.07) is 0.662. The molecule has 15 heavy (non-hydrogen) atoms. The van der Waals surface area contributed by atoms with Crippen molar-refractivity contribution in [3.63, 3.8) is 0 Å². The van der Waals surface area contributed by atoms with Gasteiger partial charge in [-0.2, -0.15) is 0 Å². The first-order valence-corrected chi connectivity index (χ1v) is 5.90. The smallest absolute Gasteiger partial charge is 0.0951 e. The molecule has 86 valence electrons. The highest BCUT2D eigenvalue weighted by atomic mass is 15.1. The second kappa shape index (κ2) is 5.91. The van der Waals surface area contributed by atoms with Crippen LogP contribution in [0, 0.1) is 13.8 Å². The topological polar surface area (TPSA) is 29.9 Å². The molecule has 0 atom stereocenters. The molecule has 0 unspecified atom stereocenters. The number of aryl methyl sites for hydroxylation is 1. The summed E-state index contributed by atoms with van der Waals surface area (Å²) in [7, 11) is 0. The van der Waals surface area contributed by atoms with Crippen molar-refractivity contribution in [2.24, 2.45) is 0 Å². The first-order valence-electron chi connectivity index (χ1n) is 5.90. The normalized spacial score (nSPS) is 11.3. The molecule has 0 fully saturated rings. The molecule has 0 bridgehead atoms. The maximum absolute atomic E-state index is 4.29. The third kappa shape index (κ3) is 3.34. The molecule has 1 heterocycles. The number of nitrogens with zero attached hydrogens (tertiary/aromatic N) is 2. The van der Waals surface area contributed by atoms with Gasteiger partial charge in [0.1, 0.15) is 0 Å². The second-order valence-corrected chi connectivity index (χ2v) is 4.08. The molecule has 1 aromatic rings. The third-order valence-electron chi connectivity index (χ3n) is 3.12. The minimum atomic E-state index is 0.662. The summed E-state index contributed by atoms with van der Waals surface area (Å²) in [5.74, 6) is 0. The van der Waals surface area contributed by atoms with Gasteiger partial charge in [-0.1, -0.05) is 13.8 Å². The molecule has 0 aliphatic rings. The zero-order valence-electron chi connectivity index (χ0n) is 10.4. The zero-order valence-corrected chi connectivity index (χ0v) is 10.4. The van der Waals surface area contributed by atoms with Crippen LogP contribution in [0.3, 0.4) is 0 Å². The largest absolute Gasteiger partial charge is 0.333 e. The van der Waals surface area contributed by atoms with Gasteiger partial charge < -0.3 is 9.88 Å². The Kier molecular flexibility index (Phi) is 4.82. The maximum atomic E-state index is 4.29. The van der Waals surface area contributed by atoms with Gasteiger partial charge in [0.15, 0.2) is 0 Å². The summed E-state index contributed by atoms with van der Waals surface area (Å²) in [6.45, 7) is 10.7. The molecule has 1 rings (SSSR count). The number of hydrogen-bond donors (Lipinski definition) is 1. The van der Waals surface area contributed by atoms with Crippen molar-refractivity contribution in [2.75, 3.05) is 6.54 Å². The van der Waals surface area contributed by atoms with E-state index in [1.165, 1.54) is 18.5 Å². The van der Waals surface area contributed by atoms with Crippen molar-refractivity contribution in [1.82, 2.24) is 14.9 Å². The van der Waals surface area contributed by atoms with Crippen LogP contribution in [0.4, 0.5) is 0 Å². The van der Waals surface area contributed by atoms with Gasteiger partial charge in [0, 0.05) is 24.8 Å². The van der Waals surface area contributed by atoms with Crippen molar-refractivity contribution < 1.29 is 0 Å². The summed E-state index contributed by atoms with van der Waals surface area (Å²) < 4.78 is 2.21. The van der Waals surface area contributed by atoms with E-state index in [0.29, 0.717) is 6.04 Å². The first kappa shape index (κ1) is 12.2. The van der Waals surface area contributed by atoms with Gasteiger partial charge >= 0.3 is 0 Å². The van der Waals surface area contributed by atoms with Crippen LogP contribution in [0.1, 0.15) is 38.1 Å². The Morgan fingerprint density at radius 2 is 2.00 bits per heavy atom. The van der Waals surface area contributed by atoms with Crippen molar-refractivity contribution >= 4 is 0 Å².